The topological polar surface area (TPSA) is 12.0 Å². The molecule has 1 rings (SSSR count). The molecule has 0 fully saturated rings. The number of aryl methyl sites for hydroxylation is 2. The van der Waals surface area contributed by atoms with Crippen molar-refractivity contribution in [1.29, 1.82) is 0 Å². The highest BCUT2D eigenvalue weighted by Gasteiger charge is 2.05. The lowest BCUT2D eigenvalue weighted by atomic mass is 10.0. The van der Waals surface area contributed by atoms with E-state index in [0.29, 0.717) is 6.04 Å². The largest absolute Gasteiger partial charge is 0.382 e. The van der Waals surface area contributed by atoms with Crippen LogP contribution in [0.2, 0.25) is 0 Å². The second kappa shape index (κ2) is 5.04. The molecule has 1 aromatic rings. The smallest absolute Gasteiger partial charge is 0.0404 e. The average Bonchev–Trinajstić information content (AvgIpc) is 2.20. The Balaban J connectivity index is 2.92. The van der Waals surface area contributed by atoms with E-state index in [9.17, 15) is 0 Å². The third-order valence-corrected chi connectivity index (χ3v) is 2.74. The minimum Gasteiger partial charge on any atom is -0.382 e. The summed E-state index contributed by atoms with van der Waals surface area (Å²) in [7, 11) is 0. The van der Waals surface area contributed by atoms with Crippen molar-refractivity contribution in [3.05, 3.63) is 29.3 Å². The van der Waals surface area contributed by atoms with E-state index in [-0.39, 0.29) is 0 Å². The van der Waals surface area contributed by atoms with Crippen LogP contribution in [0.1, 0.15) is 38.3 Å². The van der Waals surface area contributed by atoms with Crippen LogP contribution < -0.4 is 5.32 Å². The van der Waals surface area contributed by atoms with Crippen molar-refractivity contribution in [3.8, 4) is 0 Å². The second-order valence-corrected chi connectivity index (χ2v) is 3.92. The molecule has 14 heavy (non-hydrogen) atoms. The molecule has 0 radical (unpaired) electrons. The first kappa shape index (κ1) is 11.1. The zero-order valence-electron chi connectivity index (χ0n) is 9.72. The SMILES string of the molecule is CCc1cccc(C)c1N[C@@H](C)CC. The molecule has 0 aromatic heterocycles. The number of rotatable bonds is 4. The van der Waals surface area contributed by atoms with E-state index < -0.39 is 0 Å². The highest BCUT2D eigenvalue weighted by molar-refractivity contribution is 5.57. The van der Waals surface area contributed by atoms with Gasteiger partial charge in [-0.2, -0.15) is 0 Å². The van der Waals surface area contributed by atoms with E-state index in [4.69, 9.17) is 0 Å². The highest BCUT2D eigenvalue weighted by Crippen LogP contribution is 2.22. The molecule has 1 atom stereocenters. The zero-order chi connectivity index (χ0) is 10.6. The lowest BCUT2D eigenvalue weighted by Gasteiger charge is -2.18. The molecule has 0 amide bonds. The van der Waals surface area contributed by atoms with Gasteiger partial charge in [0.15, 0.2) is 0 Å². The van der Waals surface area contributed by atoms with E-state index in [0.717, 1.165) is 12.8 Å². The fourth-order valence-electron chi connectivity index (χ4n) is 1.58. The van der Waals surface area contributed by atoms with Gasteiger partial charge in [0, 0.05) is 11.7 Å². The summed E-state index contributed by atoms with van der Waals surface area (Å²) in [5.74, 6) is 0. The van der Waals surface area contributed by atoms with Gasteiger partial charge in [-0.15, -0.1) is 0 Å². The van der Waals surface area contributed by atoms with Crippen LogP contribution in [0.5, 0.6) is 0 Å². The van der Waals surface area contributed by atoms with Crippen LogP contribution >= 0.6 is 0 Å². The average molecular weight is 191 g/mol. The maximum absolute atomic E-state index is 3.58. The van der Waals surface area contributed by atoms with Gasteiger partial charge in [-0.1, -0.05) is 32.0 Å². The number of para-hydroxylation sites is 1. The Hall–Kier alpha value is -0.980. The Bertz CT molecular complexity index is 291. The van der Waals surface area contributed by atoms with Crippen molar-refractivity contribution in [1.82, 2.24) is 0 Å². The molecule has 78 valence electrons. The Labute approximate surface area is 87.5 Å². The van der Waals surface area contributed by atoms with Crippen LogP contribution in [0, 0.1) is 6.92 Å². The van der Waals surface area contributed by atoms with Gasteiger partial charge >= 0.3 is 0 Å². The Morgan fingerprint density at radius 2 is 2.00 bits per heavy atom. The number of hydrogen-bond donors (Lipinski definition) is 1. The monoisotopic (exact) mass is 191 g/mol. The lowest BCUT2D eigenvalue weighted by Crippen LogP contribution is -2.15. The zero-order valence-corrected chi connectivity index (χ0v) is 9.72. The number of anilines is 1. The Morgan fingerprint density at radius 1 is 1.29 bits per heavy atom. The molecule has 0 saturated heterocycles. The molecule has 0 heterocycles. The maximum atomic E-state index is 3.58. The van der Waals surface area contributed by atoms with Crippen molar-refractivity contribution in [3.63, 3.8) is 0 Å². The molecule has 0 bridgehead atoms. The number of nitrogens with one attached hydrogen (secondary N) is 1. The van der Waals surface area contributed by atoms with Crippen molar-refractivity contribution in [2.75, 3.05) is 5.32 Å². The molecule has 1 N–H and O–H groups in total. The Kier molecular flexibility index (Phi) is 3.99. The standard InChI is InChI=1S/C13H21N/c1-5-11(4)14-13-10(3)8-7-9-12(13)6-2/h7-9,11,14H,5-6H2,1-4H3/t11-/m0/s1. The normalized spacial score (nSPS) is 12.6. The summed E-state index contributed by atoms with van der Waals surface area (Å²) in [5, 5.41) is 3.58. The summed E-state index contributed by atoms with van der Waals surface area (Å²) in [5.41, 5.74) is 4.11. The summed E-state index contributed by atoms with van der Waals surface area (Å²) < 4.78 is 0. The van der Waals surface area contributed by atoms with Crippen LogP contribution in [0.4, 0.5) is 5.69 Å². The number of benzene rings is 1. The van der Waals surface area contributed by atoms with Crippen LogP contribution in [-0.4, -0.2) is 6.04 Å². The lowest BCUT2D eigenvalue weighted by molar-refractivity contribution is 0.761. The summed E-state index contributed by atoms with van der Waals surface area (Å²) >= 11 is 0. The van der Waals surface area contributed by atoms with Crippen molar-refractivity contribution in [2.24, 2.45) is 0 Å². The minimum absolute atomic E-state index is 0.557. The molecule has 0 aliphatic carbocycles. The van der Waals surface area contributed by atoms with Crippen LogP contribution in [0.25, 0.3) is 0 Å². The molecule has 1 aromatic carbocycles. The molecule has 0 aliphatic rings. The minimum atomic E-state index is 0.557. The Morgan fingerprint density at radius 3 is 2.57 bits per heavy atom. The quantitative estimate of drug-likeness (QED) is 0.764. The number of hydrogen-bond acceptors (Lipinski definition) is 1. The van der Waals surface area contributed by atoms with Crippen LogP contribution in [0.15, 0.2) is 18.2 Å². The van der Waals surface area contributed by atoms with Gasteiger partial charge in [0.1, 0.15) is 0 Å². The van der Waals surface area contributed by atoms with Gasteiger partial charge in [0.2, 0.25) is 0 Å². The molecule has 1 nitrogen and oxygen atoms in total. The maximum Gasteiger partial charge on any atom is 0.0404 e. The third-order valence-electron chi connectivity index (χ3n) is 2.74. The van der Waals surface area contributed by atoms with E-state index in [2.05, 4.69) is 51.2 Å². The molecule has 0 unspecified atom stereocenters. The van der Waals surface area contributed by atoms with E-state index in [1.807, 2.05) is 0 Å². The van der Waals surface area contributed by atoms with Crippen LogP contribution in [0.3, 0.4) is 0 Å². The predicted molar refractivity (Wildman–Crippen MR) is 63.9 cm³/mol. The van der Waals surface area contributed by atoms with E-state index in [1.54, 1.807) is 0 Å². The van der Waals surface area contributed by atoms with Gasteiger partial charge in [-0.25, -0.2) is 0 Å². The third kappa shape index (κ3) is 2.50. The first-order valence-corrected chi connectivity index (χ1v) is 5.54. The highest BCUT2D eigenvalue weighted by atomic mass is 14.9. The van der Waals surface area contributed by atoms with Gasteiger partial charge in [0.05, 0.1) is 0 Å². The molecular formula is C13H21N. The van der Waals surface area contributed by atoms with Crippen molar-refractivity contribution < 1.29 is 0 Å². The molecule has 1 heteroatoms. The molecule has 0 aliphatic heterocycles. The van der Waals surface area contributed by atoms with E-state index in [1.165, 1.54) is 16.8 Å². The first-order valence-electron chi connectivity index (χ1n) is 5.54. The fraction of sp³-hybridized carbons (Fsp3) is 0.538. The molecular weight excluding hydrogens is 170 g/mol. The van der Waals surface area contributed by atoms with Gasteiger partial charge < -0.3 is 5.32 Å². The van der Waals surface area contributed by atoms with Gasteiger partial charge in [-0.3, -0.25) is 0 Å². The molecule has 0 saturated carbocycles. The predicted octanol–water partition coefficient (Wildman–Crippen LogP) is 3.77. The summed E-state index contributed by atoms with van der Waals surface area (Å²) in [6.07, 6.45) is 2.26. The summed E-state index contributed by atoms with van der Waals surface area (Å²) in [6.45, 7) is 8.81. The van der Waals surface area contributed by atoms with E-state index >= 15 is 0 Å². The van der Waals surface area contributed by atoms with Gasteiger partial charge in [-0.05, 0) is 37.8 Å². The first-order chi connectivity index (χ1) is 6.69. The summed E-state index contributed by atoms with van der Waals surface area (Å²) in [4.78, 5) is 0. The van der Waals surface area contributed by atoms with Crippen molar-refractivity contribution >= 4 is 5.69 Å². The summed E-state index contributed by atoms with van der Waals surface area (Å²) in [6, 6.07) is 7.07. The van der Waals surface area contributed by atoms with Gasteiger partial charge in [0.25, 0.3) is 0 Å². The molecule has 0 spiro atoms. The fourth-order valence-corrected chi connectivity index (χ4v) is 1.58. The second-order valence-electron chi connectivity index (χ2n) is 3.92. The van der Waals surface area contributed by atoms with Crippen LogP contribution in [-0.2, 0) is 6.42 Å². The van der Waals surface area contributed by atoms with Crippen molar-refractivity contribution in [2.45, 2.75) is 46.6 Å².